The molecule has 0 saturated carbocycles. The number of carbonyl (C=O) groups is 1. The Morgan fingerprint density at radius 3 is 2.63 bits per heavy atom. The zero-order valence-corrected chi connectivity index (χ0v) is 17.6. The standard InChI is InChI=1S/C21H29F3N2O4/c1-4-29-20(28)18(7-13(2)3)26-10-14(17(9-19(26)27)21(22,23)24)5-6-25-11-16-8-15(25)12-30-16/h9-10,13,15-16,18H,4-8,11-12H2,1-3H3/t15-,16-,18?/m0/s1. The first-order valence-electron chi connectivity index (χ1n) is 10.4. The third-order valence-electron chi connectivity index (χ3n) is 5.74. The smallest absolute Gasteiger partial charge is 0.416 e. The highest BCUT2D eigenvalue weighted by atomic mass is 19.4. The number of alkyl halides is 3. The lowest BCUT2D eigenvalue weighted by atomic mass is 10.0. The molecule has 3 heterocycles. The molecule has 2 saturated heterocycles. The minimum Gasteiger partial charge on any atom is -0.464 e. The molecule has 2 aliphatic heterocycles. The van der Waals surface area contributed by atoms with Crippen molar-refractivity contribution in [1.29, 1.82) is 0 Å². The Balaban J connectivity index is 1.92. The second-order valence-corrected chi connectivity index (χ2v) is 8.44. The predicted molar refractivity (Wildman–Crippen MR) is 104 cm³/mol. The van der Waals surface area contributed by atoms with E-state index in [4.69, 9.17) is 9.47 Å². The van der Waals surface area contributed by atoms with Crippen LogP contribution < -0.4 is 5.56 Å². The predicted octanol–water partition coefficient (Wildman–Crippen LogP) is 3.03. The zero-order valence-electron chi connectivity index (χ0n) is 17.6. The highest BCUT2D eigenvalue weighted by Gasteiger charge is 2.39. The summed E-state index contributed by atoms with van der Waals surface area (Å²) in [7, 11) is 0. The maximum Gasteiger partial charge on any atom is 0.416 e. The Morgan fingerprint density at radius 1 is 1.37 bits per heavy atom. The van der Waals surface area contributed by atoms with Gasteiger partial charge in [-0.1, -0.05) is 13.8 Å². The number of morpholine rings is 1. The molecule has 9 heteroatoms. The van der Waals surface area contributed by atoms with E-state index in [0.29, 0.717) is 32.2 Å². The van der Waals surface area contributed by atoms with Gasteiger partial charge in [0.2, 0.25) is 0 Å². The number of fused-ring (bicyclic) bond motifs is 2. The number of pyridine rings is 1. The van der Waals surface area contributed by atoms with E-state index in [1.807, 2.05) is 13.8 Å². The van der Waals surface area contributed by atoms with E-state index >= 15 is 0 Å². The van der Waals surface area contributed by atoms with Crippen molar-refractivity contribution >= 4 is 5.97 Å². The van der Waals surface area contributed by atoms with E-state index in [2.05, 4.69) is 4.90 Å². The van der Waals surface area contributed by atoms with Gasteiger partial charge in [-0.15, -0.1) is 0 Å². The summed E-state index contributed by atoms with van der Waals surface area (Å²) in [6, 6.07) is -0.0978. The third kappa shape index (κ3) is 5.06. The van der Waals surface area contributed by atoms with Gasteiger partial charge in [0.05, 0.1) is 24.9 Å². The first-order chi connectivity index (χ1) is 14.1. The van der Waals surface area contributed by atoms with E-state index in [1.54, 1.807) is 6.92 Å². The van der Waals surface area contributed by atoms with Gasteiger partial charge in [0.15, 0.2) is 0 Å². The van der Waals surface area contributed by atoms with E-state index in [0.717, 1.165) is 11.0 Å². The minimum absolute atomic E-state index is 0.0175. The van der Waals surface area contributed by atoms with E-state index in [9.17, 15) is 22.8 Å². The Morgan fingerprint density at radius 2 is 2.10 bits per heavy atom. The van der Waals surface area contributed by atoms with Gasteiger partial charge in [-0.2, -0.15) is 13.2 Å². The number of nitrogens with zero attached hydrogens (tertiary/aromatic N) is 2. The summed E-state index contributed by atoms with van der Waals surface area (Å²) in [4.78, 5) is 27.2. The van der Waals surface area contributed by atoms with Crippen LogP contribution in [-0.4, -0.2) is 53.9 Å². The molecule has 0 amide bonds. The third-order valence-corrected chi connectivity index (χ3v) is 5.74. The van der Waals surface area contributed by atoms with Gasteiger partial charge < -0.3 is 14.0 Å². The SMILES string of the molecule is CCOC(=O)C(CC(C)C)n1cc(CCN2C[C@@H]3C[C@H]2CO3)c(C(F)(F)F)cc1=O. The molecule has 1 aromatic rings. The van der Waals surface area contributed by atoms with Crippen LogP contribution in [0.5, 0.6) is 0 Å². The summed E-state index contributed by atoms with van der Waals surface area (Å²) < 4.78 is 52.6. The fourth-order valence-electron chi connectivity index (χ4n) is 4.32. The normalized spacial score (nSPS) is 22.6. The van der Waals surface area contributed by atoms with Gasteiger partial charge in [-0.3, -0.25) is 9.69 Å². The Bertz CT molecular complexity index is 821. The molecule has 0 radical (unpaired) electrons. The molecule has 0 aromatic carbocycles. The molecule has 3 atom stereocenters. The van der Waals surface area contributed by atoms with Crippen molar-refractivity contribution in [3.8, 4) is 0 Å². The van der Waals surface area contributed by atoms with Crippen LogP contribution in [0, 0.1) is 5.92 Å². The fourth-order valence-corrected chi connectivity index (χ4v) is 4.32. The van der Waals surface area contributed by atoms with Crippen LogP contribution in [-0.2, 0) is 26.9 Å². The summed E-state index contributed by atoms with van der Waals surface area (Å²) in [6.45, 7) is 7.31. The molecule has 168 valence electrons. The topological polar surface area (TPSA) is 60.8 Å². The lowest BCUT2D eigenvalue weighted by Crippen LogP contribution is -2.39. The lowest BCUT2D eigenvalue weighted by molar-refractivity contribution is -0.147. The molecule has 0 aliphatic carbocycles. The first kappa shape index (κ1) is 22.8. The number of hydrogen-bond donors (Lipinski definition) is 0. The molecular weight excluding hydrogens is 401 g/mol. The van der Waals surface area contributed by atoms with Crippen LogP contribution in [0.1, 0.15) is 50.8 Å². The van der Waals surface area contributed by atoms with Crippen molar-refractivity contribution < 1.29 is 27.4 Å². The first-order valence-corrected chi connectivity index (χ1v) is 10.4. The number of ether oxygens (including phenoxy) is 2. The average Bonchev–Trinajstić information content (AvgIpc) is 3.27. The summed E-state index contributed by atoms with van der Waals surface area (Å²) in [5.74, 6) is -0.551. The number of carbonyl (C=O) groups excluding carboxylic acids is 1. The fraction of sp³-hybridized carbons (Fsp3) is 0.714. The van der Waals surface area contributed by atoms with Gasteiger partial charge in [0.25, 0.3) is 5.56 Å². The van der Waals surface area contributed by atoms with Crippen molar-refractivity contribution in [2.24, 2.45) is 5.92 Å². The quantitative estimate of drug-likeness (QED) is 0.594. The second-order valence-electron chi connectivity index (χ2n) is 8.44. The maximum atomic E-state index is 13.6. The molecule has 6 nitrogen and oxygen atoms in total. The second kappa shape index (κ2) is 9.09. The molecule has 0 spiro atoms. The molecule has 0 N–H and O–H groups in total. The zero-order chi connectivity index (χ0) is 22.1. The van der Waals surface area contributed by atoms with Crippen LogP contribution in [0.4, 0.5) is 13.2 Å². The molecule has 1 aromatic heterocycles. The summed E-state index contributed by atoms with van der Waals surface area (Å²) in [5.41, 5.74) is -1.77. The van der Waals surface area contributed by atoms with E-state index < -0.39 is 29.3 Å². The van der Waals surface area contributed by atoms with E-state index in [1.165, 1.54) is 6.20 Å². The van der Waals surface area contributed by atoms with Gasteiger partial charge >= 0.3 is 12.1 Å². The van der Waals surface area contributed by atoms with E-state index in [-0.39, 0.29) is 36.7 Å². The maximum absolute atomic E-state index is 13.6. The Kier molecular flexibility index (Phi) is 6.91. The Labute approximate surface area is 173 Å². The molecule has 3 rings (SSSR count). The minimum atomic E-state index is -4.64. The van der Waals surface area contributed by atoms with Crippen molar-refractivity contribution in [2.75, 3.05) is 26.3 Å². The Hall–Kier alpha value is -1.87. The van der Waals surface area contributed by atoms with Crippen LogP contribution in [0.3, 0.4) is 0 Å². The number of likely N-dealkylation sites (tertiary alicyclic amines) is 1. The lowest BCUT2D eigenvalue weighted by Gasteiger charge is -2.27. The van der Waals surface area contributed by atoms with Crippen molar-refractivity contribution in [1.82, 2.24) is 9.47 Å². The molecule has 2 fully saturated rings. The van der Waals surface area contributed by atoms with Crippen LogP contribution in [0.15, 0.2) is 17.1 Å². The summed E-state index contributed by atoms with van der Waals surface area (Å²) in [6.07, 6.45) is -1.93. The highest BCUT2D eigenvalue weighted by molar-refractivity contribution is 5.74. The summed E-state index contributed by atoms with van der Waals surface area (Å²) in [5, 5.41) is 0. The number of hydrogen-bond acceptors (Lipinski definition) is 5. The van der Waals surface area contributed by atoms with Crippen molar-refractivity contribution in [3.05, 3.63) is 33.7 Å². The summed E-state index contributed by atoms with van der Waals surface area (Å²) >= 11 is 0. The van der Waals surface area contributed by atoms with Gasteiger partial charge in [0.1, 0.15) is 6.04 Å². The monoisotopic (exact) mass is 430 g/mol. The average molecular weight is 430 g/mol. The highest BCUT2D eigenvalue weighted by Crippen LogP contribution is 2.33. The van der Waals surface area contributed by atoms with Crippen LogP contribution in [0.2, 0.25) is 0 Å². The number of esters is 1. The largest absolute Gasteiger partial charge is 0.464 e. The molecule has 2 bridgehead atoms. The van der Waals surface area contributed by atoms with Crippen LogP contribution >= 0.6 is 0 Å². The number of aromatic nitrogens is 1. The molecular formula is C21H29F3N2O4. The molecule has 30 heavy (non-hydrogen) atoms. The van der Waals surface area contributed by atoms with Crippen molar-refractivity contribution in [2.45, 2.75) is 64.4 Å². The number of halogens is 3. The molecule has 2 aliphatic rings. The number of rotatable bonds is 8. The van der Waals surface area contributed by atoms with Gasteiger partial charge in [-0.05, 0) is 37.7 Å². The van der Waals surface area contributed by atoms with Gasteiger partial charge in [0, 0.05) is 31.4 Å². The van der Waals surface area contributed by atoms with Gasteiger partial charge in [-0.25, -0.2) is 4.79 Å². The molecule has 1 unspecified atom stereocenters. The van der Waals surface area contributed by atoms with Crippen LogP contribution in [0.25, 0.3) is 0 Å². The van der Waals surface area contributed by atoms with Crippen molar-refractivity contribution in [3.63, 3.8) is 0 Å².